The van der Waals surface area contributed by atoms with Gasteiger partial charge < -0.3 is 15.4 Å². The summed E-state index contributed by atoms with van der Waals surface area (Å²) in [7, 11) is 0. The molecule has 26 heavy (non-hydrogen) atoms. The molecule has 138 valence electrons. The largest absolute Gasteiger partial charge is 0.460 e. The van der Waals surface area contributed by atoms with Gasteiger partial charge in [0.15, 0.2) is 0 Å². The van der Waals surface area contributed by atoms with E-state index in [-0.39, 0.29) is 18.2 Å². The Balaban J connectivity index is 1.40. The van der Waals surface area contributed by atoms with Crippen molar-refractivity contribution in [2.24, 2.45) is 0 Å². The molecule has 1 aliphatic carbocycles. The lowest BCUT2D eigenvalue weighted by atomic mass is 9.93. The fraction of sp³-hybridized carbons (Fsp3) is 0.450. The average Bonchev–Trinajstić information content (AvgIpc) is 2.62. The summed E-state index contributed by atoms with van der Waals surface area (Å²) < 4.78 is 5.93. The van der Waals surface area contributed by atoms with Crippen LogP contribution < -0.4 is 15.4 Å². The van der Waals surface area contributed by atoms with Crippen LogP contribution in [0.25, 0.3) is 0 Å². The van der Waals surface area contributed by atoms with Crippen molar-refractivity contribution in [3.8, 4) is 6.01 Å². The number of hydrogen-bond acceptors (Lipinski definition) is 4. The molecule has 2 amide bonds. The highest BCUT2D eigenvalue weighted by atomic mass is 16.5. The second-order valence-corrected chi connectivity index (χ2v) is 6.84. The third-order valence-electron chi connectivity index (χ3n) is 4.54. The molecule has 1 aromatic carbocycles. The second-order valence-electron chi connectivity index (χ2n) is 6.84. The number of carbonyl (C=O) groups excluding carboxylic acids is 1. The number of nitrogens with zero attached hydrogens (tertiary/aromatic N) is 2. The van der Waals surface area contributed by atoms with Gasteiger partial charge in [0, 0.05) is 24.0 Å². The molecule has 1 heterocycles. The maximum atomic E-state index is 12.1. The van der Waals surface area contributed by atoms with Gasteiger partial charge in [-0.1, -0.05) is 30.3 Å². The summed E-state index contributed by atoms with van der Waals surface area (Å²) in [6.45, 7) is 4.42. The highest BCUT2D eigenvalue weighted by Gasteiger charge is 2.24. The van der Waals surface area contributed by atoms with E-state index in [0.29, 0.717) is 12.6 Å². The van der Waals surface area contributed by atoms with Gasteiger partial charge in [0.1, 0.15) is 6.10 Å². The first-order valence-corrected chi connectivity index (χ1v) is 9.16. The fourth-order valence-electron chi connectivity index (χ4n) is 3.24. The van der Waals surface area contributed by atoms with E-state index < -0.39 is 0 Å². The number of rotatable bonds is 5. The van der Waals surface area contributed by atoms with Crippen molar-refractivity contribution in [3.05, 3.63) is 53.3 Å². The standard InChI is InChI=1S/C20H26N4O2/c1-14-12-15(2)23-20(22-14)26-18-10-8-17(9-11-18)24-19(25)21-13-16-6-4-3-5-7-16/h3-7,12,17-18H,8-11,13H2,1-2H3,(H2,21,24,25). The molecule has 0 radical (unpaired) electrons. The molecule has 0 bridgehead atoms. The molecule has 1 saturated carbocycles. The topological polar surface area (TPSA) is 76.1 Å². The van der Waals surface area contributed by atoms with Crippen LogP contribution in [0.1, 0.15) is 42.6 Å². The minimum Gasteiger partial charge on any atom is -0.460 e. The molecule has 1 fully saturated rings. The van der Waals surface area contributed by atoms with Crippen LogP contribution in [-0.2, 0) is 6.54 Å². The molecular weight excluding hydrogens is 328 g/mol. The summed E-state index contributed by atoms with van der Waals surface area (Å²) in [5, 5.41) is 5.96. The van der Waals surface area contributed by atoms with Crippen LogP contribution in [0.2, 0.25) is 0 Å². The van der Waals surface area contributed by atoms with Crippen molar-refractivity contribution >= 4 is 6.03 Å². The number of urea groups is 1. The van der Waals surface area contributed by atoms with Crippen molar-refractivity contribution in [2.45, 2.75) is 58.2 Å². The lowest BCUT2D eigenvalue weighted by Crippen LogP contribution is -2.44. The lowest BCUT2D eigenvalue weighted by Gasteiger charge is -2.29. The predicted molar refractivity (Wildman–Crippen MR) is 100.0 cm³/mol. The van der Waals surface area contributed by atoms with Gasteiger partial charge in [-0.15, -0.1) is 0 Å². The molecular formula is C20H26N4O2. The van der Waals surface area contributed by atoms with Crippen molar-refractivity contribution in [1.82, 2.24) is 20.6 Å². The molecule has 0 atom stereocenters. The minimum atomic E-state index is -0.115. The number of aryl methyl sites for hydroxylation is 2. The molecule has 2 aromatic rings. The molecule has 0 unspecified atom stereocenters. The quantitative estimate of drug-likeness (QED) is 0.864. The first-order valence-electron chi connectivity index (χ1n) is 9.16. The highest BCUT2D eigenvalue weighted by Crippen LogP contribution is 2.22. The van der Waals surface area contributed by atoms with Gasteiger partial charge in [-0.2, -0.15) is 0 Å². The Hall–Kier alpha value is -2.63. The van der Waals surface area contributed by atoms with Gasteiger partial charge in [-0.25, -0.2) is 14.8 Å². The van der Waals surface area contributed by atoms with Crippen molar-refractivity contribution in [1.29, 1.82) is 0 Å². The Morgan fingerprint density at radius 1 is 1.08 bits per heavy atom. The Labute approximate surface area is 154 Å². The van der Waals surface area contributed by atoms with Crippen LogP contribution in [0.15, 0.2) is 36.4 Å². The average molecular weight is 354 g/mol. The van der Waals surface area contributed by atoms with Crippen LogP contribution in [0, 0.1) is 13.8 Å². The van der Waals surface area contributed by atoms with E-state index in [0.717, 1.165) is 42.6 Å². The monoisotopic (exact) mass is 354 g/mol. The lowest BCUT2D eigenvalue weighted by molar-refractivity contribution is 0.128. The van der Waals surface area contributed by atoms with Crippen LogP contribution in [-0.4, -0.2) is 28.1 Å². The van der Waals surface area contributed by atoms with E-state index in [1.165, 1.54) is 0 Å². The zero-order valence-electron chi connectivity index (χ0n) is 15.4. The Bertz CT molecular complexity index is 708. The second kappa shape index (κ2) is 8.65. The van der Waals surface area contributed by atoms with Gasteiger partial charge in [0.2, 0.25) is 0 Å². The van der Waals surface area contributed by atoms with Gasteiger partial charge in [-0.05, 0) is 51.2 Å². The third-order valence-corrected chi connectivity index (χ3v) is 4.54. The maximum Gasteiger partial charge on any atom is 0.317 e. The summed E-state index contributed by atoms with van der Waals surface area (Å²) in [4.78, 5) is 20.7. The third kappa shape index (κ3) is 5.44. The molecule has 6 nitrogen and oxygen atoms in total. The highest BCUT2D eigenvalue weighted by molar-refractivity contribution is 5.74. The number of benzene rings is 1. The summed E-state index contributed by atoms with van der Waals surface area (Å²) in [5.74, 6) is 0. The van der Waals surface area contributed by atoms with Crippen molar-refractivity contribution in [3.63, 3.8) is 0 Å². The zero-order valence-corrected chi connectivity index (χ0v) is 15.4. The molecule has 0 spiro atoms. The number of amides is 2. The molecule has 6 heteroatoms. The van der Waals surface area contributed by atoms with E-state index in [9.17, 15) is 4.79 Å². The zero-order chi connectivity index (χ0) is 18.4. The van der Waals surface area contributed by atoms with E-state index in [2.05, 4.69) is 20.6 Å². The summed E-state index contributed by atoms with van der Waals surface area (Å²) >= 11 is 0. The van der Waals surface area contributed by atoms with E-state index in [1.54, 1.807) is 0 Å². The van der Waals surface area contributed by atoms with Gasteiger partial charge >= 0.3 is 12.0 Å². The number of aromatic nitrogens is 2. The molecule has 0 saturated heterocycles. The van der Waals surface area contributed by atoms with Gasteiger partial charge in [0.05, 0.1) is 0 Å². The number of carbonyl (C=O) groups is 1. The van der Waals surface area contributed by atoms with Gasteiger partial charge in [-0.3, -0.25) is 0 Å². The normalized spacial score (nSPS) is 19.6. The Kier molecular flexibility index (Phi) is 6.04. The SMILES string of the molecule is Cc1cc(C)nc(OC2CCC(NC(=O)NCc3ccccc3)CC2)n1. The molecule has 1 aliphatic rings. The van der Waals surface area contributed by atoms with Crippen LogP contribution >= 0.6 is 0 Å². The van der Waals surface area contributed by atoms with Gasteiger partial charge in [0.25, 0.3) is 0 Å². The number of ether oxygens (including phenoxy) is 1. The van der Waals surface area contributed by atoms with Crippen LogP contribution in [0.3, 0.4) is 0 Å². The summed E-state index contributed by atoms with van der Waals surface area (Å²) in [6, 6.07) is 12.4. The number of hydrogen-bond donors (Lipinski definition) is 2. The Morgan fingerprint density at radius 3 is 2.38 bits per heavy atom. The maximum absolute atomic E-state index is 12.1. The van der Waals surface area contributed by atoms with E-state index in [4.69, 9.17) is 4.74 Å². The van der Waals surface area contributed by atoms with Crippen molar-refractivity contribution < 1.29 is 9.53 Å². The minimum absolute atomic E-state index is 0.113. The molecule has 0 aliphatic heterocycles. The van der Waals surface area contributed by atoms with Crippen LogP contribution in [0.4, 0.5) is 4.79 Å². The van der Waals surface area contributed by atoms with E-state index in [1.807, 2.05) is 50.2 Å². The summed E-state index contributed by atoms with van der Waals surface area (Å²) in [6.07, 6.45) is 3.68. The van der Waals surface area contributed by atoms with E-state index >= 15 is 0 Å². The van der Waals surface area contributed by atoms with Crippen LogP contribution in [0.5, 0.6) is 6.01 Å². The summed E-state index contributed by atoms with van der Waals surface area (Å²) in [5.41, 5.74) is 2.92. The molecule has 1 aromatic heterocycles. The Morgan fingerprint density at radius 2 is 1.73 bits per heavy atom. The number of nitrogens with one attached hydrogen (secondary N) is 2. The first kappa shape index (κ1) is 18.2. The molecule has 3 rings (SSSR count). The first-order chi connectivity index (χ1) is 12.6. The molecule has 2 N–H and O–H groups in total. The predicted octanol–water partition coefficient (Wildman–Crippen LogP) is 3.28. The fourth-order valence-corrected chi connectivity index (χ4v) is 3.24. The smallest absolute Gasteiger partial charge is 0.317 e. The van der Waals surface area contributed by atoms with Crippen molar-refractivity contribution in [2.75, 3.05) is 0 Å².